The molecule has 1 heteroatoms. The van der Waals surface area contributed by atoms with E-state index in [9.17, 15) is 0 Å². The van der Waals surface area contributed by atoms with Gasteiger partial charge in [0.15, 0.2) is 0 Å². The standard InChI is InChI=1S/C35H74N/c1-5-7-9-11-13-15-17-18-19-20-21-22-23-25-27-29-31-33-35-36(3,4)34-32-30-28-26-24-16-14-12-10-8-6-2/h5-35H2,1-4H3/q+1. The molecule has 0 bridgehead atoms. The lowest BCUT2D eigenvalue weighted by molar-refractivity contribution is -0.890. The maximum absolute atomic E-state index is 2.46. The van der Waals surface area contributed by atoms with Gasteiger partial charge in [-0.2, -0.15) is 0 Å². The molecule has 0 rings (SSSR count). The van der Waals surface area contributed by atoms with Crippen molar-refractivity contribution < 1.29 is 4.48 Å². The first-order valence-electron chi connectivity index (χ1n) is 17.4. The van der Waals surface area contributed by atoms with E-state index in [0.29, 0.717) is 0 Å². The smallest absolute Gasteiger partial charge is 0.0782 e. The minimum Gasteiger partial charge on any atom is -0.328 e. The summed E-state index contributed by atoms with van der Waals surface area (Å²) in [6, 6.07) is 0. The molecule has 0 spiro atoms. The molecule has 0 aromatic heterocycles. The molecule has 0 N–H and O–H groups in total. The molecule has 0 unspecified atom stereocenters. The van der Waals surface area contributed by atoms with E-state index in [4.69, 9.17) is 0 Å². The second kappa shape index (κ2) is 29.5. The van der Waals surface area contributed by atoms with E-state index in [0.717, 1.165) is 0 Å². The van der Waals surface area contributed by atoms with E-state index in [2.05, 4.69) is 27.9 Å². The van der Waals surface area contributed by atoms with Crippen LogP contribution in [0.15, 0.2) is 0 Å². The van der Waals surface area contributed by atoms with Crippen molar-refractivity contribution in [2.24, 2.45) is 0 Å². The quantitative estimate of drug-likeness (QED) is 0.0645. The molecule has 0 heterocycles. The second-order valence-electron chi connectivity index (χ2n) is 12.9. The van der Waals surface area contributed by atoms with Crippen LogP contribution in [-0.2, 0) is 0 Å². The Bertz CT molecular complexity index is 388. The van der Waals surface area contributed by atoms with Crippen LogP contribution in [0, 0.1) is 0 Å². The summed E-state index contributed by atoms with van der Waals surface area (Å²) in [5.74, 6) is 0. The van der Waals surface area contributed by atoms with Crippen molar-refractivity contribution in [1.29, 1.82) is 0 Å². The molecule has 0 aliphatic rings. The molecule has 0 aromatic rings. The second-order valence-corrected chi connectivity index (χ2v) is 12.9. The van der Waals surface area contributed by atoms with Crippen molar-refractivity contribution in [3.8, 4) is 0 Å². The minimum atomic E-state index is 1.25. The first kappa shape index (κ1) is 36.0. The third-order valence-electron chi connectivity index (χ3n) is 8.48. The zero-order valence-corrected chi connectivity index (χ0v) is 26.4. The number of nitrogens with zero attached hydrogens (tertiary/aromatic N) is 1. The van der Waals surface area contributed by atoms with Crippen molar-refractivity contribution in [1.82, 2.24) is 0 Å². The van der Waals surface area contributed by atoms with Gasteiger partial charge in [-0.1, -0.05) is 174 Å². The van der Waals surface area contributed by atoms with Crippen LogP contribution in [0.25, 0.3) is 0 Å². The molecule has 0 aliphatic heterocycles. The fraction of sp³-hybridized carbons (Fsp3) is 1.00. The van der Waals surface area contributed by atoms with E-state index in [-0.39, 0.29) is 0 Å². The summed E-state index contributed by atoms with van der Waals surface area (Å²) < 4.78 is 1.25. The monoisotopic (exact) mass is 509 g/mol. The summed E-state index contributed by atoms with van der Waals surface area (Å²) >= 11 is 0. The largest absolute Gasteiger partial charge is 0.328 e. The van der Waals surface area contributed by atoms with E-state index in [1.165, 1.54) is 204 Å². The predicted octanol–water partition coefficient (Wildman–Crippen LogP) is 12.4. The summed E-state index contributed by atoms with van der Waals surface area (Å²) in [5.41, 5.74) is 0. The Morgan fingerprint density at radius 1 is 0.250 bits per heavy atom. The highest BCUT2D eigenvalue weighted by molar-refractivity contribution is 4.52. The minimum absolute atomic E-state index is 1.25. The highest BCUT2D eigenvalue weighted by atomic mass is 15.3. The third-order valence-corrected chi connectivity index (χ3v) is 8.48. The molecule has 0 fully saturated rings. The summed E-state index contributed by atoms with van der Waals surface area (Å²) in [4.78, 5) is 0. The predicted molar refractivity (Wildman–Crippen MR) is 167 cm³/mol. The third kappa shape index (κ3) is 30.2. The first-order valence-corrected chi connectivity index (χ1v) is 17.4. The Labute approximate surface area is 231 Å². The fourth-order valence-corrected chi connectivity index (χ4v) is 5.76. The SMILES string of the molecule is CCCCCCCCCCCCCCCCCCCC[N+](C)(C)CCCCCCCCCCCCC. The Kier molecular flexibility index (Phi) is 29.5. The van der Waals surface area contributed by atoms with Gasteiger partial charge in [-0.15, -0.1) is 0 Å². The van der Waals surface area contributed by atoms with Crippen molar-refractivity contribution in [3.05, 3.63) is 0 Å². The molecular formula is C35H74N+. The molecule has 1 nitrogen and oxygen atoms in total. The molecule has 36 heavy (non-hydrogen) atoms. The van der Waals surface area contributed by atoms with Gasteiger partial charge in [0.25, 0.3) is 0 Å². The Balaban J connectivity index is 3.25. The maximum atomic E-state index is 2.46. The molecular weight excluding hydrogens is 434 g/mol. The molecule has 0 radical (unpaired) electrons. The highest BCUT2D eigenvalue weighted by Gasteiger charge is 2.13. The lowest BCUT2D eigenvalue weighted by Gasteiger charge is -2.30. The van der Waals surface area contributed by atoms with Crippen molar-refractivity contribution in [3.63, 3.8) is 0 Å². The Hall–Kier alpha value is -0.0400. The fourth-order valence-electron chi connectivity index (χ4n) is 5.76. The van der Waals surface area contributed by atoms with Gasteiger partial charge in [-0.25, -0.2) is 0 Å². The summed E-state index contributed by atoms with van der Waals surface area (Å²) in [5, 5.41) is 0. The molecule has 0 aromatic carbocycles. The summed E-state index contributed by atoms with van der Waals surface area (Å²) in [6.07, 6.45) is 42.4. The lowest BCUT2D eigenvalue weighted by atomic mass is 10.0. The van der Waals surface area contributed by atoms with Gasteiger partial charge in [0.05, 0.1) is 27.2 Å². The number of rotatable bonds is 31. The van der Waals surface area contributed by atoms with Crippen molar-refractivity contribution in [2.45, 2.75) is 200 Å². The summed E-state index contributed by atoms with van der Waals surface area (Å²) in [7, 11) is 4.92. The number of quaternary nitrogens is 1. The zero-order valence-electron chi connectivity index (χ0n) is 26.4. The number of unbranched alkanes of at least 4 members (excludes halogenated alkanes) is 27. The van der Waals surface area contributed by atoms with E-state index < -0.39 is 0 Å². The van der Waals surface area contributed by atoms with Gasteiger partial charge in [-0.3, -0.25) is 0 Å². The van der Waals surface area contributed by atoms with Gasteiger partial charge < -0.3 is 4.48 Å². The van der Waals surface area contributed by atoms with Gasteiger partial charge in [0.2, 0.25) is 0 Å². The topological polar surface area (TPSA) is 0 Å². The average molecular weight is 509 g/mol. The van der Waals surface area contributed by atoms with Crippen LogP contribution in [0.1, 0.15) is 200 Å². The normalized spacial score (nSPS) is 12.0. The van der Waals surface area contributed by atoms with Crippen LogP contribution in [0.3, 0.4) is 0 Å². The van der Waals surface area contributed by atoms with Crippen LogP contribution in [0.2, 0.25) is 0 Å². The van der Waals surface area contributed by atoms with Crippen molar-refractivity contribution >= 4 is 0 Å². The van der Waals surface area contributed by atoms with Gasteiger partial charge in [0, 0.05) is 0 Å². The zero-order chi connectivity index (χ0) is 26.4. The van der Waals surface area contributed by atoms with Crippen LogP contribution in [-0.4, -0.2) is 31.7 Å². The molecule has 0 amide bonds. The van der Waals surface area contributed by atoms with E-state index >= 15 is 0 Å². The molecule has 218 valence electrons. The van der Waals surface area contributed by atoms with Gasteiger partial charge >= 0.3 is 0 Å². The number of hydrogen-bond donors (Lipinski definition) is 0. The first-order chi connectivity index (χ1) is 17.6. The Morgan fingerprint density at radius 2 is 0.417 bits per heavy atom. The van der Waals surface area contributed by atoms with Crippen LogP contribution in [0.4, 0.5) is 0 Å². The molecule has 0 saturated carbocycles. The van der Waals surface area contributed by atoms with Crippen LogP contribution >= 0.6 is 0 Å². The highest BCUT2D eigenvalue weighted by Crippen LogP contribution is 2.16. The van der Waals surface area contributed by atoms with E-state index in [1.807, 2.05) is 0 Å². The van der Waals surface area contributed by atoms with Gasteiger partial charge in [-0.05, 0) is 25.7 Å². The molecule has 0 saturated heterocycles. The average Bonchev–Trinajstić information content (AvgIpc) is 2.86. The van der Waals surface area contributed by atoms with Gasteiger partial charge in [0.1, 0.15) is 0 Å². The molecule has 0 atom stereocenters. The Morgan fingerprint density at radius 3 is 0.611 bits per heavy atom. The molecule has 0 aliphatic carbocycles. The van der Waals surface area contributed by atoms with Crippen LogP contribution in [0.5, 0.6) is 0 Å². The van der Waals surface area contributed by atoms with E-state index in [1.54, 1.807) is 0 Å². The van der Waals surface area contributed by atoms with Crippen molar-refractivity contribution in [2.75, 3.05) is 27.2 Å². The summed E-state index contributed by atoms with van der Waals surface area (Å²) in [6.45, 7) is 7.39. The van der Waals surface area contributed by atoms with Crippen LogP contribution < -0.4 is 0 Å². The lowest BCUT2D eigenvalue weighted by Crippen LogP contribution is -2.41. The number of hydrogen-bond acceptors (Lipinski definition) is 0. The maximum Gasteiger partial charge on any atom is 0.0782 e.